The number of hydrogen-bond acceptors (Lipinski definition) is 3. The monoisotopic (exact) mass is 327 g/mol. The van der Waals surface area contributed by atoms with Crippen molar-refractivity contribution in [3.05, 3.63) is 54.1 Å². The standard InChI is InChI=1S/C19H25N3O2/c1-3-24-18-14-15(11-12-17(18)23-2)8-7-13-21-19(20)22-16-9-5-4-6-10-16/h4-6,9-12,14H,3,7-8,13H2,1-2H3,(H3,20,21,22). The van der Waals surface area contributed by atoms with Crippen LogP contribution in [-0.4, -0.2) is 26.2 Å². The van der Waals surface area contributed by atoms with Crippen molar-refractivity contribution in [2.75, 3.05) is 25.6 Å². The fraction of sp³-hybridized carbons (Fsp3) is 0.316. The summed E-state index contributed by atoms with van der Waals surface area (Å²) in [5, 5.41) is 3.07. The summed E-state index contributed by atoms with van der Waals surface area (Å²) < 4.78 is 10.9. The predicted octanol–water partition coefficient (Wildman–Crippen LogP) is 3.45. The molecule has 0 heterocycles. The number of para-hydroxylation sites is 1. The lowest BCUT2D eigenvalue weighted by Gasteiger charge is -2.11. The molecule has 0 aliphatic rings. The van der Waals surface area contributed by atoms with Crippen LogP contribution in [0.5, 0.6) is 11.5 Å². The number of benzene rings is 2. The van der Waals surface area contributed by atoms with E-state index in [1.54, 1.807) is 7.11 Å². The Bertz CT molecular complexity index is 657. The van der Waals surface area contributed by atoms with E-state index in [4.69, 9.17) is 15.2 Å². The molecule has 0 unspecified atom stereocenters. The van der Waals surface area contributed by atoms with E-state index in [1.807, 2.05) is 49.4 Å². The van der Waals surface area contributed by atoms with Crippen LogP contribution in [0.25, 0.3) is 0 Å². The van der Waals surface area contributed by atoms with E-state index < -0.39 is 0 Å². The predicted molar refractivity (Wildman–Crippen MR) is 99.0 cm³/mol. The number of anilines is 1. The zero-order chi connectivity index (χ0) is 17.2. The summed E-state index contributed by atoms with van der Waals surface area (Å²) in [5.41, 5.74) is 8.03. The van der Waals surface area contributed by atoms with Crippen molar-refractivity contribution < 1.29 is 9.47 Å². The van der Waals surface area contributed by atoms with E-state index in [1.165, 1.54) is 5.56 Å². The van der Waals surface area contributed by atoms with Gasteiger partial charge in [-0.3, -0.25) is 4.99 Å². The molecule has 2 rings (SSSR count). The number of nitrogens with two attached hydrogens (primary N) is 1. The zero-order valence-corrected chi connectivity index (χ0v) is 14.3. The molecule has 0 aliphatic carbocycles. The fourth-order valence-corrected chi connectivity index (χ4v) is 2.34. The molecule has 0 spiro atoms. The Labute approximate surface area is 143 Å². The summed E-state index contributed by atoms with van der Waals surface area (Å²) in [7, 11) is 1.65. The number of nitrogens with zero attached hydrogens (tertiary/aromatic N) is 1. The number of aryl methyl sites for hydroxylation is 1. The molecule has 5 nitrogen and oxygen atoms in total. The quantitative estimate of drug-likeness (QED) is 0.443. The zero-order valence-electron chi connectivity index (χ0n) is 14.3. The van der Waals surface area contributed by atoms with Gasteiger partial charge in [0.1, 0.15) is 0 Å². The van der Waals surface area contributed by atoms with Crippen molar-refractivity contribution in [3.63, 3.8) is 0 Å². The molecule has 24 heavy (non-hydrogen) atoms. The van der Waals surface area contributed by atoms with Gasteiger partial charge in [0.25, 0.3) is 0 Å². The normalized spacial score (nSPS) is 11.2. The van der Waals surface area contributed by atoms with Crippen LogP contribution in [-0.2, 0) is 6.42 Å². The maximum Gasteiger partial charge on any atom is 0.193 e. The van der Waals surface area contributed by atoms with Gasteiger partial charge in [0.2, 0.25) is 0 Å². The van der Waals surface area contributed by atoms with Crippen LogP contribution in [0, 0.1) is 0 Å². The van der Waals surface area contributed by atoms with Crippen molar-refractivity contribution in [1.82, 2.24) is 0 Å². The number of ether oxygens (including phenoxy) is 2. The molecule has 0 fully saturated rings. The van der Waals surface area contributed by atoms with Gasteiger partial charge in [-0.15, -0.1) is 0 Å². The number of methoxy groups -OCH3 is 1. The van der Waals surface area contributed by atoms with E-state index in [0.717, 1.165) is 30.0 Å². The number of guanidine groups is 1. The lowest BCUT2D eigenvalue weighted by Crippen LogP contribution is -2.22. The van der Waals surface area contributed by atoms with Crippen molar-refractivity contribution in [2.24, 2.45) is 10.7 Å². The molecule has 0 aromatic heterocycles. The third-order valence-corrected chi connectivity index (χ3v) is 3.48. The minimum absolute atomic E-state index is 0.436. The van der Waals surface area contributed by atoms with E-state index >= 15 is 0 Å². The maximum atomic E-state index is 5.89. The average Bonchev–Trinajstić information content (AvgIpc) is 2.60. The highest BCUT2D eigenvalue weighted by atomic mass is 16.5. The number of hydrogen-bond donors (Lipinski definition) is 2. The number of rotatable bonds is 8. The highest BCUT2D eigenvalue weighted by Crippen LogP contribution is 2.28. The first-order chi connectivity index (χ1) is 11.7. The van der Waals surface area contributed by atoms with E-state index in [0.29, 0.717) is 19.1 Å². The molecule has 2 aromatic carbocycles. The van der Waals surface area contributed by atoms with Crippen LogP contribution in [0.1, 0.15) is 18.9 Å². The lowest BCUT2D eigenvalue weighted by molar-refractivity contribution is 0.310. The summed E-state index contributed by atoms with van der Waals surface area (Å²) in [5.74, 6) is 1.98. The summed E-state index contributed by atoms with van der Waals surface area (Å²) in [4.78, 5) is 4.35. The topological polar surface area (TPSA) is 68.9 Å². The Kier molecular flexibility index (Phi) is 6.95. The van der Waals surface area contributed by atoms with Crippen LogP contribution in [0.2, 0.25) is 0 Å². The average molecular weight is 327 g/mol. The molecule has 0 aliphatic heterocycles. The molecular formula is C19H25N3O2. The molecular weight excluding hydrogens is 302 g/mol. The molecule has 128 valence electrons. The van der Waals surface area contributed by atoms with E-state index in [9.17, 15) is 0 Å². The van der Waals surface area contributed by atoms with Gasteiger partial charge in [0, 0.05) is 12.2 Å². The van der Waals surface area contributed by atoms with Gasteiger partial charge in [-0.05, 0) is 49.6 Å². The summed E-state index contributed by atoms with van der Waals surface area (Å²) >= 11 is 0. The highest BCUT2D eigenvalue weighted by molar-refractivity contribution is 5.92. The van der Waals surface area contributed by atoms with Crippen molar-refractivity contribution >= 4 is 11.6 Å². The van der Waals surface area contributed by atoms with Gasteiger partial charge in [0.05, 0.1) is 13.7 Å². The van der Waals surface area contributed by atoms with Crippen molar-refractivity contribution in [3.8, 4) is 11.5 Å². The van der Waals surface area contributed by atoms with Crippen molar-refractivity contribution in [1.29, 1.82) is 0 Å². The number of nitrogens with one attached hydrogen (secondary N) is 1. The highest BCUT2D eigenvalue weighted by Gasteiger charge is 2.05. The third kappa shape index (κ3) is 5.50. The fourth-order valence-electron chi connectivity index (χ4n) is 2.34. The van der Waals surface area contributed by atoms with E-state index in [-0.39, 0.29) is 0 Å². The van der Waals surface area contributed by atoms with Crippen LogP contribution in [0.4, 0.5) is 5.69 Å². The smallest absolute Gasteiger partial charge is 0.193 e. The Morgan fingerprint density at radius 1 is 1.12 bits per heavy atom. The van der Waals surface area contributed by atoms with Crippen LogP contribution in [0.3, 0.4) is 0 Å². The summed E-state index contributed by atoms with van der Waals surface area (Å²) in [6.45, 7) is 3.25. The first kappa shape index (κ1) is 17.7. The molecule has 3 N–H and O–H groups in total. The number of aliphatic imine (C=N–C) groups is 1. The van der Waals surface area contributed by atoms with Gasteiger partial charge < -0.3 is 20.5 Å². The molecule has 0 bridgehead atoms. The molecule has 0 radical (unpaired) electrons. The Hall–Kier alpha value is -2.69. The first-order valence-electron chi connectivity index (χ1n) is 8.14. The molecule has 0 atom stereocenters. The minimum atomic E-state index is 0.436. The Morgan fingerprint density at radius 2 is 1.92 bits per heavy atom. The van der Waals surface area contributed by atoms with Crippen molar-refractivity contribution in [2.45, 2.75) is 19.8 Å². The SMILES string of the molecule is CCOc1cc(CCCN=C(N)Nc2ccccc2)ccc1OC. The second kappa shape index (κ2) is 9.45. The second-order valence-electron chi connectivity index (χ2n) is 5.28. The van der Waals surface area contributed by atoms with Gasteiger partial charge >= 0.3 is 0 Å². The summed E-state index contributed by atoms with van der Waals surface area (Å²) in [6.07, 6.45) is 1.82. The van der Waals surface area contributed by atoms with Crippen LogP contribution in [0.15, 0.2) is 53.5 Å². The Morgan fingerprint density at radius 3 is 2.62 bits per heavy atom. The molecule has 2 aromatic rings. The molecule has 0 amide bonds. The first-order valence-corrected chi connectivity index (χ1v) is 8.14. The van der Waals surface area contributed by atoms with Crippen LogP contribution < -0.4 is 20.5 Å². The van der Waals surface area contributed by atoms with Gasteiger partial charge in [-0.25, -0.2) is 0 Å². The van der Waals surface area contributed by atoms with Gasteiger partial charge in [-0.2, -0.15) is 0 Å². The van der Waals surface area contributed by atoms with Gasteiger partial charge in [-0.1, -0.05) is 24.3 Å². The summed E-state index contributed by atoms with van der Waals surface area (Å²) in [6, 6.07) is 15.8. The second-order valence-corrected chi connectivity index (χ2v) is 5.28. The molecule has 0 saturated heterocycles. The largest absolute Gasteiger partial charge is 0.493 e. The lowest BCUT2D eigenvalue weighted by atomic mass is 10.1. The Balaban J connectivity index is 1.83. The maximum absolute atomic E-state index is 5.89. The molecule has 0 saturated carbocycles. The minimum Gasteiger partial charge on any atom is -0.493 e. The molecule has 5 heteroatoms. The van der Waals surface area contributed by atoms with E-state index in [2.05, 4.69) is 16.4 Å². The van der Waals surface area contributed by atoms with Crippen LogP contribution >= 0.6 is 0 Å². The third-order valence-electron chi connectivity index (χ3n) is 3.48. The van der Waals surface area contributed by atoms with Gasteiger partial charge in [0.15, 0.2) is 17.5 Å².